The van der Waals surface area contributed by atoms with Gasteiger partial charge in [-0.3, -0.25) is 4.79 Å². The van der Waals surface area contributed by atoms with Crippen molar-refractivity contribution in [2.45, 2.75) is 19.6 Å². The molecule has 0 saturated carbocycles. The third-order valence-electron chi connectivity index (χ3n) is 8.21. The molecule has 0 atom stereocenters. The highest BCUT2D eigenvalue weighted by Crippen LogP contribution is 2.41. The maximum Gasteiger partial charge on any atom is 0.333 e. The molecule has 57 heavy (non-hydrogen) atoms. The number of hydrogen-bond donors (Lipinski definition) is 0. The minimum Gasteiger partial charge on any atom is -0.497 e. The number of esters is 2. The number of ketones is 1. The molecule has 0 heterocycles. The highest BCUT2D eigenvalue weighted by atomic mass is 16.7. The molecular weight excluding hydrogens is 736 g/mol. The van der Waals surface area contributed by atoms with Crippen molar-refractivity contribution in [2.24, 2.45) is 0 Å². The van der Waals surface area contributed by atoms with E-state index in [1.807, 2.05) is 24.3 Å². The third-order valence-corrected chi connectivity index (χ3v) is 8.21. The Morgan fingerprint density at radius 2 is 0.965 bits per heavy atom. The Hall–Kier alpha value is -6.31. The van der Waals surface area contributed by atoms with Gasteiger partial charge in [0, 0.05) is 48.6 Å². The second-order valence-corrected chi connectivity index (χ2v) is 12.1. The lowest BCUT2D eigenvalue weighted by Crippen LogP contribution is -2.32. The van der Waals surface area contributed by atoms with E-state index in [4.69, 9.17) is 47.4 Å². The first-order valence-corrected chi connectivity index (χ1v) is 17.6. The minimum absolute atomic E-state index is 0.120. The summed E-state index contributed by atoms with van der Waals surface area (Å²) >= 11 is 0. The molecule has 0 aromatic heterocycles. The summed E-state index contributed by atoms with van der Waals surface area (Å²) in [6.45, 7) is 10.9. The van der Waals surface area contributed by atoms with Crippen molar-refractivity contribution in [1.82, 2.24) is 0 Å². The number of rotatable bonds is 20. The predicted octanol–water partition coefficient (Wildman–Crippen LogP) is 7.13. The van der Waals surface area contributed by atoms with Crippen LogP contribution in [0, 0.1) is 0 Å². The average Bonchev–Trinajstić information content (AvgIpc) is 3.24. The van der Waals surface area contributed by atoms with Crippen LogP contribution >= 0.6 is 0 Å². The smallest absolute Gasteiger partial charge is 0.333 e. The van der Waals surface area contributed by atoms with Crippen LogP contribution in [-0.4, -0.2) is 86.8 Å². The third kappa shape index (κ3) is 12.3. The summed E-state index contributed by atoms with van der Waals surface area (Å²) in [7, 11) is 9.34. The fourth-order valence-corrected chi connectivity index (χ4v) is 5.21. The van der Waals surface area contributed by atoms with E-state index in [9.17, 15) is 14.4 Å². The molecule has 0 radical (unpaired) electrons. The molecule has 13 nitrogen and oxygen atoms in total. The molecule has 0 N–H and O–H groups in total. The lowest BCUT2D eigenvalue weighted by Gasteiger charge is -2.33. The van der Waals surface area contributed by atoms with Gasteiger partial charge in [0.25, 0.3) is 0 Å². The second kappa shape index (κ2) is 22.3. The van der Waals surface area contributed by atoms with E-state index in [-0.39, 0.29) is 32.2 Å². The monoisotopic (exact) mass is 786 g/mol. The molecule has 0 aliphatic heterocycles. The summed E-state index contributed by atoms with van der Waals surface area (Å²) in [5.41, 5.74) is 3.07. The number of carbonyl (C=O) groups excluding carboxylic acids is 3. The van der Waals surface area contributed by atoms with Crippen LogP contribution in [-0.2, 0) is 34.3 Å². The van der Waals surface area contributed by atoms with E-state index in [2.05, 4.69) is 13.2 Å². The first-order chi connectivity index (χ1) is 27.4. The van der Waals surface area contributed by atoms with Gasteiger partial charge < -0.3 is 47.4 Å². The van der Waals surface area contributed by atoms with Crippen LogP contribution in [0.5, 0.6) is 34.5 Å². The van der Waals surface area contributed by atoms with Gasteiger partial charge in [-0.1, -0.05) is 13.2 Å². The highest BCUT2D eigenvalue weighted by molar-refractivity contribution is 6.10. The standard InChI is InChI=1S/C23H28O7.C21H22O6/c1-16(2)22(24)30-14-13-29-18-9-7-17(8-10-18)23(27-5,28-6)20-12-11-19(25-3)15-21(20)26-4;1-14(2)21(23)27-12-11-26-16-7-5-15(6-8-16)20(22)18-10-9-17(24-3)13-19(18)25-4/h7-12,15H,1,13-14H2,2-6H3;5-10,13H,1,11-12H2,2-4H3. The summed E-state index contributed by atoms with van der Waals surface area (Å²) in [5.74, 6) is 1.22. The Bertz CT molecular complexity index is 1960. The van der Waals surface area contributed by atoms with E-state index < -0.39 is 17.7 Å². The summed E-state index contributed by atoms with van der Waals surface area (Å²) in [6, 6.07) is 24.4. The van der Waals surface area contributed by atoms with Gasteiger partial charge in [-0.05, 0) is 86.6 Å². The molecule has 0 amide bonds. The lowest BCUT2D eigenvalue weighted by molar-refractivity contribution is -0.184. The number of hydrogen-bond acceptors (Lipinski definition) is 13. The van der Waals surface area contributed by atoms with Gasteiger partial charge in [-0.15, -0.1) is 0 Å². The van der Waals surface area contributed by atoms with Crippen LogP contribution in [0.4, 0.5) is 0 Å². The van der Waals surface area contributed by atoms with E-state index in [1.54, 1.807) is 110 Å². The molecule has 0 aliphatic rings. The van der Waals surface area contributed by atoms with Gasteiger partial charge in [0.1, 0.15) is 60.9 Å². The highest BCUT2D eigenvalue weighted by Gasteiger charge is 2.37. The van der Waals surface area contributed by atoms with Crippen molar-refractivity contribution >= 4 is 17.7 Å². The van der Waals surface area contributed by atoms with Crippen LogP contribution in [0.15, 0.2) is 109 Å². The predicted molar refractivity (Wildman–Crippen MR) is 213 cm³/mol. The second-order valence-electron chi connectivity index (χ2n) is 12.1. The Kier molecular flexibility index (Phi) is 17.6. The molecule has 0 bridgehead atoms. The molecule has 0 unspecified atom stereocenters. The Balaban J connectivity index is 0.000000307. The number of benzene rings is 4. The largest absolute Gasteiger partial charge is 0.497 e. The van der Waals surface area contributed by atoms with E-state index in [0.717, 1.165) is 5.56 Å². The van der Waals surface area contributed by atoms with Crippen LogP contribution in [0.1, 0.15) is 40.9 Å². The van der Waals surface area contributed by atoms with Crippen molar-refractivity contribution in [2.75, 3.05) is 69.1 Å². The van der Waals surface area contributed by atoms with Gasteiger partial charge in [-0.2, -0.15) is 0 Å². The first kappa shape index (κ1) is 45.1. The fraction of sp³-hybridized carbons (Fsp3) is 0.295. The van der Waals surface area contributed by atoms with Crippen molar-refractivity contribution in [1.29, 1.82) is 0 Å². The molecule has 13 heteroatoms. The molecule has 0 aliphatic carbocycles. The van der Waals surface area contributed by atoms with Crippen LogP contribution in [0.3, 0.4) is 0 Å². The molecule has 0 spiro atoms. The van der Waals surface area contributed by atoms with Crippen molar-refractivity contribution in [3.8, 4) is 34.5 Å². The molecule has 0 saturated heterocycles. The van der Waals surface area contributed by atoms with Gasteiger partial charge in [0.15, 0.2) is 5.78 Å². The minimum atomic E-state index is -1.19. The Morgan fingerprint density at radius 1 is 0.526 bits per heavy atom. The Morgan fingerprint density at radius 3 is 1.40 bits per heavy atom. The zero-order valence-electron chi connectivity index (χ0n) is 33.6. The number of methoxy groups -OCH3 is 6. The quantitative estimate of drug-likeness (QED) is 0.0295. The zero-order chi connectivity index (χ0) is 42.0. The SMILES string of the molecule is C=C(C)C(=O)OCCOc1ccc(C(=O)c2ccc(OC)cc2OC)cc1.C=C(C)C(=O)OCCOc1ccc(C(OC)(OC)c2ccc(OC)cc2OC)cc1. The fourth-order valence-electron chi connectivity index (χ4n) is 5.21. The van der Waals surface area contributed by atoms with Crippen molar-refractivity contribution in [3.05, 3.63) is 131 Å². The van der Waals surface area contributed by atoms with Crippen LogP contribution < -0.4 is 28.4 Å². The number of carbonyl (C=O) groups is 3. The maximum atomic E-state index is 12.7. The molecule has 4 aromatic carbocycles. The summed E-state index contributed by atoms with van der Waals surface area (Å²) in [6.07, 6.45) is 0. The van der Waals surface area contributed by atoms with Gasteiger partial charge in [0.2, 0.25) is 5.79 Å². The van der Waals surface area contributed by atoms with Crippen molar-refractivity contribution in [3.63, 3.8) is 0 Å². The van der Waals surface area contributed by atoms with Gasteiger partial charge in [-0.25, -0.2) is 9.59 Å². The van der Waals surface area contributed by atoms with Crippen LogP contribution in [0.25, 0.3) is 0 Å². The molecular formula is C44H50O13. The van der Waals surface area contributed by atoms with E-state index in [0.29, 0.717) is 62.3 Å². The topological polar surface area (TPSA) is 144 Å². The van der Waals surface area contributed by atoms with Gasteiger partial charge in [0.05, 0.1) is 39.6 Å². The summed E-state index contributed by atoms with van der Waals surface area (Å²) < 4.78 is 53.9. The molecule has 304 valence electrons. The first-order valence-electron chi connectivity index (χ1n) is 17.6. The maximum absolute atomic E-state index is 12.7. The zero-order valence-corrected chi connectivity index (χ0v) is 33.6. The van der Waals surface area contributed by atoms with Crippen molar-refractivity contribution < 1.29 is 61.8 Å². The molecule has 4 rings (SSSR count). The molecule has 4 aromatic rings. The molecule has 0 fully saturated rings. The van der Waals surface area contributed by atoms with E-state index in [1.165, 1.54) is 7.11 Å². The Labute approximate surface area is 333 Å². The average molecular weight is 787 g/mol. The van der Waals surface area contributed by atoms with E-state index >= 15 is 0 Å². The number of ether oxygens (including phenoxy) is 10. The van der Waals surface area contributed by atoms with Gasteiger partial charge >= 0.3 is 11.9 Å². The normalized spacial score (nSPS) is 10.5. The summed E-state index contributed by atoms with van der Waals surface area (Å²) in [5, 5.41) is 0. The van der Waals surface area contributed by atoms with Crippen LogP contribution in [0.2, 0.25) is 0 Å². The lowest BCUT2D eigenvalue weighted by atomic mass is 9.95. The summed E-state index contributed by atoms with van der Waals surface area (Å²) in [4.78, 5) is 35.4.